The summed E-state index contributed by atoms with van der Waals surface area (Å²) in [5.41, 5.74) is 7.99. The normalized spacial score (nSPS) is 14.5. The molecule has 0 spiro atoms. The van der Waals surface area contributed by atoms with Gasteiger partial charge in [-0.3, -0.25) is 4.79 Å². The van der Waals surface area contributed by atoms with Crippen LogP contribution < -0.4 is 10.6 Å². The molecule has 1 fully saturated rings. The number of aromatic nitrogens is 1. The molecule has 0 bridgehead atoms. The summed E-state index contributed by atoms with van der Waals surface area (Å²) in [5.74, 6) is 0.301. The van der Waals surface area contributed by atoms with Crippen LogP contribution >= 0.6 is 0 Å². The molecule has 0 aliphatic carbocycles. The number of rotatable bonds is 3. The van der Waals surface area contributed by atoms with Gasteiger partial charge >= 0.3 is 0 Å². The van der Waals surface area contributed by atoms with E-state index >= 15 is 0 Å². The molecular formula is C16H17N3O. The van der Waals surface area contributed by atoms with Gasteiger partial charge in [0, 0.05) is 19.3 Å². The van der Waals surface area contributed by atoms with Gasteiger partial charge in [0.2, 0.25) is 0 Å². The van der Waals surface area contributed by atoms with E-state index in [1.54, 1.807) is 6.20 Å². The van der Waals surface area contributed by atoms with E-state index in [0.717, 1.165) is 42.9 Å². The number of nitrogens with two attached hydrogens (primary N) is 1. The highest BCUT2D eigenvalue weighted by atomic mass is 16.1. The summed E-state index contributed by atoms with van der Waals surface area (Å²) in [6, 6.07) is 11.7. The smallest absolute Gasteiger partial charge is 0.253 e. The van der Waals surface area contributed by atoms with Crippen molar-refractivity contribution in [3.63, 3.8) is 0 Å². The fourth-order valence-electron chi connectivity index (χ4n) is 2.72. The van der Waals surface area contributed by atoms with Crippen molar-refractivity contribution in [1.82, 2.24) is 4.98 Å². The monoisotopic (exact) mass is 267 g/mol. The third-order valence-corrected chi connectivity index (χ3v) is 3.67. The molecule has 2 aromatic rings. The number of pyridine rings is 1. The number of nitrogens with zero attached hydrogens (tertiary/aromatic N) is 2. The van der Waals surface area contributed by atoms with Crippen molar-refractivity contribution >= 4 is 11.7 Å². The summed E-state index contributed by atoms with van der Waals surface area (Å²) >= 11 is 0. The third kappa shape index (κ3) is 2.25. The van der Waals surface area contributed by atoms with Crippen LogP contribution in [0.3, 0.4) is 0 Å². The summed E-state index contributed by atoms with van der Waals surface area (Å²) in [5, 5.41) is 0. The molecule has 1 aromatic heterocycles. The first-order valence-corrected chi connectivity index (χ1v) is 6.86. The molecule has 3 rings (SSSR count). The summed E-state index contributed by atoms with van der Waals surface area (Å²) in [7, 11) is 0. The van der Waals surface area contributed by atoms with E-state index in [1.807, 2.05) is 36.4 Å². The molecule has 102 valence electrons. The van der Waals surface area contributed by atoms with Crippen LogP contribution in [0.25, 0.3) is 11.1 Å². The van der Waals surface area contributed by atoms with Crippen LogP contribution in [-0.4, -0.2) is 24.0 Å². The number of benzene rings is 1. The Kier molecular flexibility index (Phi) is 3.37. The van der Waals surface area contributed by atoms with Gasteiger partial charge in [-0.15, -0.1) is 0 Å². The van der Waals surface area contributed by atoms with Crippen LogP contribution in [0, 0.1) is 0 Å². The SMILES string of the molecule is NC(=O)c1c(-c2ccccc2)ccnc1N1CCCC1. The van der Waals surface area contributed by atoms with Gasteiger partial charge in [-0.05, 0) is 30.0 Å². The third-order valence-electron chi connectivity index (χ3n) is 3.67. The van der Waals surface area contributed by atoms with Crippen molar-refractivity contribution in [1.29, 1.82) is 0 Å². The average Bonchev–Trinajstić information content (AvgIpc) is 3.01. The number of carbonyl (C=O) groups excluding carboxylic acids is 1. The number of hydrogen-bond donors (Lipinski definition) is 1. The molecule has 20 heavy (non-hydrogen) atoms. The molecule has 4 heteroatoms. The molecule has 0 saturated carbocycles. The maximum Gasteiger partial charge on any atom is 0.253 e. The van der Waals surface area contributed by atoms with E-state index in [9.17, 15) is 4.79 Å². The predicted molar refractivity (Wildman–Crippen MR) is 79.6 cm³/mol. The Balaban J connectivity index is 2.15. The van der Waals surface area contributed by atoms with E-state index in [4.69, 9.17) is 5.73 Å². The molecule has 1 saturated heterocycles. The Labute approximate surface area is 118 Å². The van der Waals surface area contributed by atoms with Crippen molar-refractivity contribution in [2.24, 2.45) is 5.73 Å². The van der Waals surface area contributed by atoms with Gasteiger partial charge in [-0.25, -0.2) is 4.98 Å². The topological polar surface area (TPSA) is 59.2 Å². The van der Waals surface area contributed by atoms with Gasteiger partial charge in [0.15, 0.2) is 0 Å². The Hall–Kier alpha value is -2.36. The van der Waals surface area contributed by atoms with Crippen LogP contribution in [0.2, 0.25) is 0 Å². The molecule has 0 atom stereocenters. The molecule has 2 heterocycles. The first kappa shape index (κ1) is 12.7. The number of hydrogen-bond acceptors (Lipinski definition) is 3. The zero-order valence-corrected chi connectivity index (χ0v) is 11.2. The van der Waals surface area contributed by atoms with E-state index in [-0.39, 0.29) is 0 Å². The lowest BCUT2D eigenvalue weighted by atomic mass is 10.0. The van der Waals surface area contributed by atoms with Gasteiger partial charge in [0.25, 0.3) is 5.91 Å². The predicted octanol–water partition coefficient (Wildman–Crippen LogP) is 2.45. The van der Waals surface area contributed by atoms with Crippen molar-refractivity contribution in [2.75, 3.05) is 18.0 Å². The lowest BCUT2D eigenvalue weighted by molar-refractivity contribution is 0.100. The molecule has 4 nitrogen and oxygen atoms in total. The van der Waals surface area contributed by atoms with Crippen molar-refractivity contribution in [3.05, 3.63) is 48.2 Å². The van der Waals surface area contributed by atoms with E-state index in [2.05, 4.69) is 9.88 Å². The number of primary amides is 1. The molecular weight excluding hydrogens is 250 g/mol. The highest BCUT2D eigenvalue weighted by molar-refractivity contribution is 6.04. The van der Waals surface area contributed by atoms with Crippen LogP contribution in [0.1, 0.15) is 23.2 Å². The lowest BCUT2D eigenvalue weighted by Gasteiger charge is -2.20. The van der Waals surface area contributed by atoms with Gasteiger partial charge in [0.05, 0.1) is 5.56 Å². The molecule has 1 aliphatic heterocycles. The highest BCUT2D eigenvalue weighted by Crippen LogP contribution is 2.30. The second kappa shape index (κ2) is 5.33. The van der Waals surface area contributed by atoms with Crippen molar-refractivity contribution in [3.8, 4) is 11.1 Å². The van der Waals surface area contributed by atoms with E-state index < -0.39 is 5.91 Å². The fraction of sp³-hybridized carbons (Fsp3) is 0.250. The largest absolute Gasteiger partial charge is 0.365 e. The maximum absolute atomic E-state index is 11.9. The zero-order chi connectivity index (χ0) is 13.9. The summed E-state index contributed by atoms with van der Waals surface area (Å²) in [6.45, 7) is 1.87. The highest BCUT2D eigenvalue weighted by Gasteiger charge is 2.22. The standard InChI is InChI=1S/C16H17N3O/c17-15(20)14-13(12-6-2-1-3-7-12)8-9-18-16(14)19-10-4-5-11-19/h1-3,6-9H,4-5,10-11H2,(H2,17,20). The zero-order valence-electron chi connectivity index (χ0n) is 11.2. The summed E-state index contributed by atoms with van der Waals surface area (Å²) in [4.78, 5) is 18.5. The minimum absolute atomic E-state index is 0.418. The fourth-order valence-corrected chi connectivity index (χ4v) is 2.72. The van der Waals surface area contributed by atoms with Crippen LogP contribution in [-0.2, 0) is 0 Å². The average molecular weight is 267 g/mol. The quantitative estimate of drug-likeness (QED) is 0.929. The van der Waals surface area contributed by atoms with Crippen LogP contribution in [0.15, 0.2) is 42.6 Å². The number of amides is 1. The first-order chi connectivity index (χ1) is 9.77. The van der Waals surface area contributed by atoms with Gasteiger partial charge in [0.1, 0.15) is 5.82 Å². The minimum atomic E-state index is -0.418. The van der Waals surface area contributed by atoms with Gasteiger partial charge < -0.3 is 10.6 Å². The second-order valence-corrected chi connectivity index (χ2v) is 4.98. The number of carbonyl (C=O) groups is 1. The number of anilines is 1. The molecule has 1 amide bonds. The summed E-state index contributed by atoms with van der Waals surface area (Å²) in [6.07, 6.45) is 4.02. The van der Waals surface area contributed by atoms with Gasteiger partial charge in [-0.2, -0.15) is 0 Å². The van der Waals surface area contributed by atoms with Crippen molar-refractivity contribution in [2.45, 2.75) is 12.8 Å². The molecule has 2 N–H and O–H groups in total. The Bertz CT molecular complexity index is 619. The molecule has 0 radical (unpaired) electrons. The lowest BCUT2D eigenvalue weighted by Crippen LogP contribution is -2.25. The molecule has 1 aliphatic rings. The Morgan fingerprint density at radius 1 is 1.10 bits per heavy atom. The summed E-state index contributed by atoms with van der Waals surface area (Å²) < 4.78 is 0. The Morgan fingerprint density at radius 3 is 2.45 bits per heavy atom. The van der Waals surface area contributed by atoms with Crippen LogP contribution in [0.4, 0.5) is 5.82 Å². The maximum atomic E-state index is 11.9. The molecule has 0 unspecified atom stereocenters. The molecule has 1 aromatic carbocycles. The Morgan fingerprint density at radius 2 is 1.80 bits per heavy atom. The minimum Gasteiger partial charge on any atom is -0.365 e. The second-order valence-electron chi connectivity index (χ2n) is 4.98. The van der Waals surface area contributed by atoms with E-state index in [0.29, 0.717) is 5.56 Å². The van der Waals surface area contributed by atoms with Crippen molar-refractivity contribution < 1.29 is 4.79 Å². The van der Waals surface area contributed by atoms with E-state index in [1.165, 1.54) is 0 Å². The first-order valence-electron chi connectivity index (χ1n) is 6.86. The van der Waals surface area contributed by atoms with Crippen LogP contribution in [0.5, 0.6) is 0 Å². The van der Waals surface area contributed by atoms with Gasteiger partial charge in [-0.1, -0.05) is 30.3 Å².